The Morgan fingerprint density at radius 2 is 1.39 bits per heavy atom. The molecule has 0 saturated carbocycles. The maximum atomic E-state index is 12.2. The van der Waals surface area contributed by atoms with Gasteiger partial charge in [-0.3, -0.25) is 0 Å². The summed E-state index contributed by atoms with van der Waals surface area (Å²) in [6.45, 7) is 3.71. The zero-order valence-corrected chi connectivity index (χ0v) is 23.4. The summed E-state index contributed by atoms with van der Waals surface area (Å²) in [6.07, 6.45) is 9.15. The van der Waals surface area contributed by atoms with Gasteiger partial charge in [-0.25, -0.2) is 4.79 Å². The van der Waals surface area contributed by atoms with Gasteiger partial charge in [0, 0.05) is 19.6 Å². The number of hydrogen-bond acceptors (Lipinski definition) is 10. The van der Waals surface area contributed by atoms with E-state index in [-0.39, 0.29) is 26.2 Å². The minimum absolute atomic E-state index is 0.0823. The Kier molecular flexibility index (Phi) is 18.6. The predicted molar refractivity (Wildman–Crippen MR) is 143 cm³/mol. The van der Waals surface area contributed by atoms with Crippen molar-refractivity contribution in [3.05, 3.63) is 11.5 Å². The quantitative estimate of drug-likeness (QED) is 0.0848. The van der Waals surface area contributed by atoms with Crippen molar-refractivity contribution in [2.45, 2.75) is 121 Å². The topological polar surface area (TPSA) is 155 Å². The molecule has 0 aromatic rings. The van der Waals surface area contributed by atoms with Crippen LogP contribution in [0.25, 0.3) is 0 Å². The van der Waals surface area contributed by atoms with E-state index in [0.29, 0.717) is 13.2 Å². The van der Waals surface area contributed by atoms with E-state index in [1.165, 1.54) is 38.5 Å². The molecule has 0 aromatic carbocycles. The number of hydrogen-bond donors (Lipinski definition) is 5. The molecule has 0 fully saturated rings. The van der Waals surface area contributed by atoms with E-state index in [9.17, 15) is 30.3 Å². The van der Waals surface area contributed by atoms with Crippen LogP contribution in [0, 0.1) is 0 Å². The third kappa shape index (κ3) is 12.2. The summed E-state index contributed by atoms with van der Waals surface area (Å²) in [6, 6.07) is 0. The standard InChI is InChI=1S/C28H52O10/c1-3-5-7-9-11-13-15-35-20-22(31)17-28(24(32)19-30)26(25(33)27(34)38-28)37-21-23(18-29)36-16-14-12-10-8-6-4-2/h22-24,29-33H,3-21H2,1-2H3/t22?,23?,24-,28+/m0/s1. The molecule has 224 valence electrons. The molecule has 0 radical (unpaired) electrons. The lowest BCUT2D eigenvalue weighted by Gasteiger charge is -2.35. The van der Waals surface area contributed by atoms with Gasteiger partial charge >= 0.3 is 5.97 Å². The fraction of sp³-hybridized carbons (Fsp3) is 0.893. The summed E-state index contributed by atoms with van der Waals surface area (Å²) < 4.78 is 22.2. The Labute approximate surface area is 227 Å². The molecule has 0 saturated heterocycles. The number of aliphatic hydroxyl groups is 5. The van der Waals surface area contributed by atoms with Crippen molar-refractivity contribution >= 4 is 5.97 Å². The van der Waals surface area contributed by atoms with Crippen LogP contribution in [0.3, 0.4) is 0 Å². The van der Waals surface area contributed by atoms with E-state index in [1.54, 1.807) is 0 Å². The lowest BCUT2D eigenvalue weighted by atomic mass is 9.88. The Balaban J connectivity index is 2.66. The van der Waals surface area contributed by atoms with Gasteiger partial charge in [-0.05, 0) is 12.8 Å². The molecule has 1 heterocycles. The van der Waals surface area contributed by atoms with Crippen molar-refractivity contribution in [2.75, 3.05) is 39.6 Å². The first-order valence-electron chi connectivity index (χ1n) is 14.4. The fourth-order valence-corrected chi connectivity index (χ4v) is 4.46. The van der Waals surface area contributed by atoms with E-state index in [2.05, 4.69) is 13.8 Å². The number of carbonyl (C=O) groups excluding carboxylic acids is 1. The van der Waals surface area contributed by atoms with Crippen LogP contribution in [0.15, 0.2) is 11.5 Å². The number of rotatable bonds is 25. The first-order chi connectivity index (χ1) is 18.4. The van der Waals surface area contributed by atoms with Crippen LogP contribution in [0.2, 0.25) is 0 Å². The second-order valence-corrected chi connectivity index (χ2v) is 10.1. The molecule has 1 aliphatic heterocycles. The van der Waals surface area contributed by atoms with Crippen LogP contribution in [0.1, 0.15) is 97.3 Å². The molecule has 1 aliphatic rings. The third-order valence-corrected chi connectivity index (χ3v) is 6.74. The minimum Gasteiger partial charge on any atom is -0.499 e. The molecule has 38 heavy (non-hydrogen) atoms. The van der Waals surface area contributed by atoms with Gasteiger partial charge in [-0.15, -0.1) is 0 Å². The third-order valence-electron chi connectivity index (χ3n) is 6.74. The summed E-state index contributed by atoms with van der Waals surface area (Å²) in [5, 5.41) is 50.9. The van der Waals surface area contributed by atoms with Crippen molar-refractivity contribution in [3.63, 3.8) is 0 Å². The summed E-state index contributed by atoms with van der Waals surface area (Å²) >= 11 is 0. The van der Waals surface area contributed by atoms with E-state index >= 15 is 0 Å². The SMILES string of the molecule is CCCCCCCCOCC(O)C[C@]1([C@@H](O)CO)OC(=O)C(O)=C1OCC(CO)OCCCCCCCC. The molecule has 10 nitrogen and oxygen atoms in total. The maximum Gasteiger partial charge on any atom is 0.378 e. The Morgan fingerprint density at radius 1 is 0.816 bits per heavy atom. The van der Waals surface area contributed by atoms with Crippen molar-refractivity contribution in [1.82, 2.24) is 0 Å². The van der Waals surface area contributed by atoms with Gasteiger partial charge < -0.3 is 44.5 Å². The molecular weight excluding hydrogens is 496 g/mol. The largest absolute Gasteiger partial charge is 0.499 e. The Bertz CT molecular complexity index is 656. The number of esters is 1. The molecule has 2 unspecified atom stereocenters. The van der Waals surface area contributed by atoms with Crippen LogP contribution in [-0.4, -0.2) is 95.1 Å². The van der Waals surface area contributed by atoms with Crippen molar-refractivity contribution < 1.29 is 49.3 Å². The monoisotopic (exact) mass is 548 g/mol. The highest BCUT2D eigenvalue weighted by Gasteiger charge is 2.56. The first kappa shape index (κ1) is 34.6. The molecule has 0 amide bonds. The van der Waals surface area contributed by atoms with Crippen molar-refractivity contribution in [1.29, 1.82) is 0 Å². The van der Waals surface area contributed by atoms with E-state index in [4.69, 9.17) is 18.9 Å². The first-order valence-corrected chi connectivity index (χ1v) is 14.4. The van der Waals surface area contributed by atoms with Gasteiger partial charge in [0.1, 0.15) is 18.8 Å². The zero-order valence-electron chi connectivity index (χ0n) is 23.4. The molecule has 0 aromatic heterocycles. The lowest BCUT2D eigenvalue weighted by molar-refractivity contribution is -0.172. The molecule has 10 heteroatoms. The number of unbranched alkanes of at least 4 members (excludes halogenated alkanes) is 10. The van der Waals surface area contributed by atoms with Crippen LogP contribution in [-0.2, 0) is 23.7 Å². The van der Waals surface area contributed by atoms with Crippen molar-refractivity contribution in [3.8, 4) is 0 Å². The maximum absolute atomic E-state index is 12.2. The normalized spacial score (nSPS) is 20.0. The zero-order chi connectivity index (χ0) is 28.2. The average molecular weight is 549 g/mol. The van der Waals surface area contributed by atoms with Crippen LogP contribution in [0.4, 0.5) is 0 Å². The number of ether oxygens (including phenoxy) is 4. The van der Waals surface area contributed by atoms with Gasteiger partial charge in [0.25, 0.3) is 0 Å². The number of aliphatic hydroxyl groups excluding tert-OH is 5. The minimum atomic E-state index is -2.00. The molecule has 0 spiro atoms. The van der Waals surface area contributed by atoms with Crippen LogP contribution >= 0.6 is 0 Å². The predicted octanol–water partition coefficient (Wildman–Crippen LogP) is 3.29. The van der Waals surface area contributed by atoms with Gasteiger partial charge in [0.2, 0.25) is 11.4 Å². The molecule has 0 bridgehead atoms. The Hall–Kier alpha value is -1.43. The second-order valence-electron chi connectivity index (χ2n) is 10.1. The molecule has 0 aliphatic carbocycles. The van der Waals surface area contributed by atoms with Crippen molar-refractivity contribution in [2.24, 2.45) is 0 Å². The van der Waals surface area contributed by atoms with Gasteiger partial charge in [0.15, 0.2) is 5.76 Å². The fourth-order valence-electron chi connectivity index (χ4n) is 4.46. The van der Waals surface area contributed by atoms with Gasteiger partial charge in [-0.1, -0.05) is 78.1 Å². The molecule has 5 N–H and O–H groups in total. The molecular formula is C28H52O10. The highest BCUT2D eigenvalue weighted by atomic mass is 16.6. The summed E-state index contributed by atoms with van der Waals surface area (Å²) in [4.78, 5) is 12.2. The van der Waals surface area contributed by atoms with Crippen LogP contribution < -0.4 is 0 Å². The summed E-state index contributed by atoms with van der Waals surface area (Å²) in [5.74, 6) is -2.40. The number of carbonyl (C=O) groups is 1. The van der Waals surface area contributed by atoms with Gasteiger partial charge in [-0.2, -0.15) is 0 Å². The smallest absolute Gasteiger partial charge is 0.378 e. The van der Waals surface area contributed by atoms with E-state index in [1.807, 2.05) is 0 Å². The molecule has 4 atom stereocenters. The van der Waals surface area contributed by atoms with Crippen LogP contribution in [0.5, 0.6) is 0 Å². The summed E-state index contributed by atoms with van der Waals surface area (Å²) in [5.41, 5.74) is -2.00. The summed E-state index contributed by atoms with van der Waals surface area (Å²) in [7, 11) is 0. The molecule has 1 rings (SSSR count). The van der Waals surface area contributed by atoms with E-state index in [0.717, 1.165) is 38.5 Å². The Morgan fingerprint density at radius 3 is 1.97 bits per heavy atom. The number of cyclic esters (lactones) is 1. The van der Waals surface area contributed by atoms with E-state index < -0.39 is 48.0 Å². The highest BCUT2D eigenvalue weighted by molar-refractivity contribution is 5.90. The highest BCUT2D eigenvalue weighted by Crippen LogP contribution is 2.39. The second kappa shape index (κ2) is 20.5. The lowest BCUT2D eigenvalue weighted by Crippen LogP contribution is -2.50. The van der Waals surface area contributed by atoms with Gasteiger partial charge in [0.05, 0.1) is 25.9 Å². The average Bonchev–Trinajstić information content (AvgIpc) is 3.15.